The number of nitrogens with zero attached hydrogens (tertiary/aromatic N) is 1. The van der Waals surface area contributed by atoms with Gasteiger partial charge in [0.25, 0.3) is 0 Å². The van der Waals surface area contributed by atoms with Crippen LogP contribution in [0.2, 0.25) is 0 Å². The molecule has 2 unspecified atom stereocenters. The molecule has 0 saturated carbocycles. The second-order valence-corrected chi connectivity index (χ2v) is 17.9. The number of carbonyl (C=O) groups is 2. The number of carbonyl (C=O) groups excluding carboxylic acids is 2. The van der Waals surface area contributed by atoms with Gasteiger partial charge in [-0.3, -0.25) is 18.6 Å². The standard InChI is InChI=1S/C48H80NO10P/c1-8-10-26-33-45-41(3)42(4)46(59-45)34-28-23-20-21-25-30-36-48(52)58-44(40-57-60(53,54)56-38-37-49(5,6)7)39-55-47(51)35-29-24-19-17-15-13-12-14-16-18-22-27-32-43(50)31-11-9-2/h11-13,16-19,22,27,31,43-44,50H,8-10,14-15,20-21,23-26,28-30,32-40H2,1-7H3/p+1/b13-12-,18-16-,19-17-,27-22+,31-11-/t43?,44-/m1/s1. The normalized spacial score (nSPS) is 14.6. The number of aliphatic hydroxyl groups is 1. The molecule has 3 atom stereocenters. The van der Waals surface area contributed by atoms with Crippen molar-refractivity contribution in [2.45, 2.75) is 162 Å². The van der Waals surface area contributed by atoms with Crippen molar-refractivity contribution in [3.8, 4) is 0 Å². The highest BCUT2D eigenvalue weighted by Gasteiger charge is 2.27. The van der Waals surface area contributed by atoms with Crippen LogP contribution < -0.4 is 0 Å². The first-order chi connectivity index (χ1) is 28.7. The molecule has 2 N–H and O–H groups in total. The van der Waals surface area contributed by atoms with E-state index in [0.717, 1.165) is 75.7 Å². The third kappa shape index (κ3) is 30.1. The van der Waals surface area contributed by atoms with Crippen molar-refractivity contribution in [2.24, 2.45) is 0 Å². The van der Waals surface area contributed by atoms with Crippen LogP contribution in [0.15, 0.2) is 65.2 Å². The molecule has 60 heavy (non-hydrogen) atoms. The first-order valence-electron chi connectivity index (χ1n) is 22.5. The van der Waals surface area contributed by atoms with Crippen LogP contribution in [0.1, 0.15) is 146 Å². The summed E-state index contributed by atoms with van der Waals surface area (Å²) in [5, 5.41) is 9.78. The van der Waals surface area contributed by atoms with E-state index in [1.807, 2.05) is 70.6 Å². The summed E-state index contributed by atoms with van der Waals surface area (Å²) in [6.45, 7) is 8.33. The molecule has 0 bridgehead atoms. The van der Waals surface area contributed by atoms with Crippen LogP contribution in [0.25, 0.3) is 0 Å². The van der Waals surface area contributed by atoms with Crippen molar-refractivity contribution in [1.29, 1.82) is 0 Å². The molecular weight excluding hydrogens is 781 g/mol. The highest BCUT2D eigenvalue weighted by molar-refractivity contribution is 7.47. The number of aryl methyl sites for hydroxylation is 2. The summed E-state index contributed by atoms with van der Waals surface area (Å²) in [6.07, 6.45) is 34.5. The van der Waals surface area contributed by atoms with Crippen LogP contribution >= 0.6 is 7.82 Å². The lowest BCUT2D eigenvalue weighted by molar-refractivity contribution is -0.870. The minimum absolute atomic E-state index is 0.00364. The lowest BCUT2D eigenvalue weighted by atomic mass is 10.0. The Kier molecular flexibility index (Phi) is 30.7. The Balaban J connectivity index is 2.44. The largest absolute Gasteiger partial charge is 0.472 e. The number of unbranched alkanes of at least 4 members (excludes halogenated alkanes) is 8. The molecule has 0 fully saturated rings. The van der Waals surface area contributed by atoms with E-state index in [2.05, 4.69) is 39.0 Å². The van der Waals surface area contributed by atoms with Gasteiger partial charge in [-0.2, -0.15) is 0 Å². The molecule has 0 amide bonds. The Morgan fingerprint density at radius 2 is 1.33 bits per heavy atom. The van der Waals surface area contributed by atoms with Gasteiger partial charge in [0.05, 0.1) is 33.9 Å². The molecule has 1 aromatic rings. The van der Waals surface area contributed by atoms with E-state index < -0.39 is 38.6 Å². The number of quaternary nitrogens is 1. The van der Waals surface area contributed by atoms with Gasteiger partial charge in [-0.15, -0.1) is 0 Å². The molecule has 0 radical (unpaired) electrons. The van der Waals surface area contributed by atoms with Crippen molar-refractivity contribution in [1.82, 2.24) is 0 Å². The Morgan fingerprint density at radius 3 is 2.00 bits per heavy atom. The zero-order valence-electron chi connectivity index (χ0n) is 38.2. The number of phosphoric acid groups is 1. The molecule has 12 heteroatoms. The zero-order chi connectivity index (χ0) is 44.5. The second-order valence-electron chi connectivity index (χ2n) is 16.5. The molecule has 1 heterocycles. The van der Waals surface area contributed by atoms with Gasteiger partial charge in [-0.05, 0) is 82.8 Å². The van der Waals surface area contributed by atoms with Gasteiger partial charge in [-0.25, -0.2) is 4.57 Å². The van der Waals surface area contributed by atoms with Crippen LogP contribution in [0.4, 0.5) is 0 Å². The van der Waals surface area contributed by atoms with Crippen LogP contribution in [0.3, 0.4) is 0 Å². The number of allylic oxidation sites excluding steroid dienone is 8. The van der Waals surface area contributed by atoms with Crippen molar-refractivity contribution in [2.75, 3.05) is 47.5 Å². The number of esters is 2. The van der Waals surface area contributed by atoms with Gasteiger partial charge in [0.2, 0.25) is 0 Å². The van der Waals surface area contributed by atoms with Gasteiger partial charge in [-0.1, -0.05) is 113 Å². The predicted octanol–water partition coefficient (Wildman–Crippen LogP) is 11.1. The minimum atomic E-state index is -4.42. The maximum absolute atomic E-state index is 12.8. The average molecular weight is 863 g/mol. The van der Waals surface area contributed by atoms with Crippen molar-refractivity contribution in [3.63, 3.8) is 0 Å². The average Bonchev–Trinajstić information content (AvgIpc) is 3.46. The number of likely N-dealkylation sites (N-methyl/N-ethyl adjacent to an activating group) is 1. The summed E-state index contributed by atoms with van der Waals surface area (Å²) >= 11 is 0. The van der Waals surface area contributed by atoms with Crippen LogP contribution in [0.5, 0.6) is 0 Å². The number of phosphoric ester groups is 1. The molecule has 0 aliphatic carbocycles. The SMILES string of the molecule is CC/C=C\C(O)C/C=C/C=C\C/C=C\C/C=C\CCCC(=O)OC[C@H](COP(=O)(O)OCC[N+](C)(C)C)OC(=O)CCCCCCCCc1oc(CCCCC)c(C)c1C. The van der Waals surface area contributed by atoms with E-state index in [4.69, 9.17) is 22.9 Å². The fourth-order valence-corrected chi connectivity index (χ4v) is 6.75. The van der Waals surface area contributed by atoms with E-state index in [-0.39, 0.29) is 26.1 Å². The molecule has 0 spiro atoms. The van der Waals surface area contributed by atoms with Crippen molar-refractivity contribution in [3.05, 3.63) is 83.4 Å². The first-order valence-corrected chi connectivity index (χ1v) is 24.0. The predicted molar refractivity (Wildman–Crippen MR) is 243 cm³/mol. The number of hydrogen-bond acceptors (Lipinski definition) is 9. The third-order valence-electron chi connectivity index (χ3n) is 9.84. The van der Waals surface area contributed by atoms with E-state index >= 15 is 0 Å². The number of ether oxygens (including phenoxy) is 2. The number of hydrogen-bond donors (Lipinski definition) is 2. The fraction of sp³-hybridized carbons (Fsp3) is 0.667. The zero-order valence-corrected chi connectivity index (χ0v) is 39.1. The smallest absolute Gasteiger partial charge is 0.466 e. The maximum atomic E-state index is 12.8. The molecule has 0 aromatic carbocycles. The molecule has 1 rings (SSSR count). The minimum Gasteiger partial charge on any atom is -0.466 e. The molecule has 1 aromatic heterocycles. The van der Waals surface area contributed by atoms with Crippen LogP contribution in [-0.2, 0) is 45.5 Å². The van der Waals surface area contributed by atoms with E-state index in [0.29, 0.717) is 36.7 Å². The van der Waals surface area contributed by atoms with Gasteiger partial charge >= 0.3 is 19.8 Å². The molecule has 342 valence electrons. The molecule has 0 aliphatic heterocycles. The van der Waals surface area contributed by atoms with Crippen LogP contribution in [-0.4, -0.2) is 86.1 Å². The maximum Gasteiger partial charge on any atom is 0.472 e. The fourth-order valence-electron chi connectivity index (χ4n) is 6.01. The van der Waals surface area contributed by atoms with E-state index in [1.165, 1.54) is 30.4 Å². The lowest BCUT2D eigenvalue weighted by Gasteiger charge is -2.24. The highest BCUT2D eigenvalue weighted by Crippen LogP contribution is 2.43. The summed E-state index contributed by atoms with van der Waals surface area (Å²) < 4.78 is 40.5. The molecule has 0 aliphatic rings. The first kappa shape index (κ1) is 55.0. The summed E-state index contributed by atoms with van der Waals surface area (Å²) in [5.41, 5.74) is 2.59. The highest BCUT2D eigenvalue weighted by atomic mass is 31.2. The molecule has 11 nitrogen and oxygen atoms in total. The van der Waals surface area contributed by atoms with Gasteiger partial charge < -0.3 is 28.4 Å². The number of aliphatic hydroxyl groups excluding tert-OH is 1. The summed E-state index contributed by atoms with van der Waals surface area (Å²) in [4.78, 5) is 35.5. The van der Waals surface area contributed by atoms with Gasteiger partial charge in [0.1, 0.15) is 31.3 Å². The van der Waals surface area contributed by atoms with Gasteiger partial charge in [0.15, 0.2) is 6.10 Å². The Morgan fingerprint density at radius 1 is 0.733 bits per heavy atom. The van der Waals surface area contributed by atoms with E-state index in [1.54, 1.807) is 0 Å². The number of rotatable bonds is 36. The third-order valence-corrected chi connectivity index (χ3v) is 10.8. The van der Waals surface area contributed by atoms with Crippen molar-refractivity contribution < 1.29 is 51.6 Å². The molecule has 0 saturated heterocycles. The Labute approximate surface area is 363 Å². The molecular formula is C48H81NO10P+. The topological polar surface area (TPSA) is 142 Å². The summed E-state index contributed by atoms with van der Waals surface area (Å²) in [7, 11) is 1.38. The second kappa shape index (κ2) is 33.6. The quantitative estimate of drug-likeness (QED) is 0.0167. The monoisotopic (exact) mass is 863 g/mol. The van der Waals surface area contributed by atoms with Gasteiger partial charge in [0, 0.05) is 25.7 Å². The van der Waals surface area contributed by atoms with Crippen molar-refractivity contribution >= 4 is 19.8 Å². The summed E-state index contributed by atoms with van der Waals surface area (Å²) in [6, 6.07) is 0. The summed E-state index contributed by atoms with van der Waals surface area (Å²) in [5.74, 6) is 1.33. The Hall–Kier alpha value is -3.05. The number of furan rings is 1. The van der Waals surface area contributed by atoms with Crippen LogP contribution in [0, 0.1) is 13.8 Å². The lowest BCUT2D eigenvalue weighted by Crippen LogP contribution is -2.37. The Bertz CT molecular complexity index is 1500. The van der Waals surface area contributed by atoms with E-state index in [9.17, 15) is 24.2 Å².